The molecule has 0 aliphatic heterocycles. The number of halogens is 2. The molecule has 0 saturated heterocycles. The summed E-state index contributed by atoms with van der Waals surface area (Å²) in [5, 5.41) is 9.98. The number of hydrogen-bond acceptors (Lipinski definition) is 3. The summed E-state index contributed by atoms with van der Waals surface area (Å²) in [5.74, 6) is 0.504. The lowest BCUT2D eigenvalue weighted by Gasteiger charge is -2.12. The van der Waals surface area contributed by atoms with Gasteiger partial charge in [-0.3, -0.25) is 14.8 Å². The maximum absolute atomic E-state index is 12.1. The van der Waals surface area contributed by atoms with Crippen LogP contribution in [0.25, 0.3) is 0 Å². The average Bonchev–Trinajstić information content (AvgIpc) is 2.68. The highest BCUT2D eigenvalue weighted by Crippen LogP contribution is 2.22. The summed E-state index contributed by atoms with van der Waals surface area (Å²) in [4.78, 5) is 20.9. The van der Waals surface area contributed by atoms with E-state index in [1.54, 1.807) is 24.4 Å². The zero-order valence-corrected chi connectivity index (χ0v) is 16.6. The molecule has 0 spiro atoms. The molecule has 0 fully saturated rings. The molecule has 0 saturated carbocycles. The van der Waals surface area contributed by atoms with E-state index in [-0.39, 0.29) is 5.91 Å². The predicted octanol–water partition coefficient (Wildman–Crippen LogP) is 2.92. The molecule has 0 aliphatic carbocycles. The van der Waals surface area contributed by atoms with Gasteiger partial charge in [-0.15, -0.1) is 0 Å². The van der Waals surface area contributed by atoms with Gasteiger partial charge in [0.25, 0.3) is 5.91 Å². The minimum absolute atomic E-state index is 0.201. The van der Waals surface area contributed by atoms with E-state index in [9.17, 15) is 4.79 Å². The first-order valence-corrected chi connectivity index (χ1v) is 9.51. The van der Waals surface area contributed by atoms with Gasteiger partial charge < -0.3 is 16.0 Å². The number of hydrogen-bond donors (Lipinski definition) is 3. The molecule has 0 radical (unpaired) electrons. The van der Waals surface area contributed by atoms with Crippen LogP contribution >= 0.6 is 23.2 Å². The first kappa shape index (κ1) is 21.0. The van der Waals surface area contributed by atoms with Gasteiger partial charge in [-0.2, -0.15) is 0 Å². The predicted molar refractivity (Wildman–Crippen MR) is 111 cm³/mol. The van der Waals surface area contributed by atoms with E-state index in [0.717, 1.165) is 18.7 Å². The number of nitrogens with zero attached hydrogens (tertiary/aromatic N) is 2. The number of pyridine rings is 1. The molecule has 6 nitrogen and oxygen atoms in total. The molecular weight excluding hydrogens is 385 g/mol. The lowest BCUT2D eigenvalue weighted by atomic mass is 10.2. The Morgan fingerprint density at radius 3 is 2.59 bits per heavy atom. The van der Waals surface area contributed by atoms with E-state index in [0.29, 0.717) is 41.2 Å². The minimum Gasteiger partial charge on any atom is -0.357 e. The third kappa shape index (κ3) is 7.45. The van der Waals surface area contributed by atoms with Crippen LogP contribution in [-0.4, -0.2) is 43.0 Å². The first-order valence-electron chi connectivity index (χ1n) is 8.75. The van der Waals surface area contributed by atoms with Gasteiger partial charge in [-0.1, -0.05) is 29.3 Å². The summed E-state index contributed by atoms with van der Waals surface area (Å²) in [6.45, 7) is 4.38. The van der Waals surface area contributed by atoms with Crippen LogP contribution in [0.3, 0.4) is 0 Å². The van der Waals surface area contributed by atoms with Crippen molar-refractivity contribution < 1.29 is 4.79 Å². The Labute approximate surface area is 169 Å². The molecule has 1 aromatic heterocycles. The van der Waals surface area contributed by atoms with Crippen molar-refractivity contribution in [2.45, 2.75) is 13.3 Å². The Hall–Kier alpha value is -2.31. The van der Waals surface area contributed by atoms with Crippen molar-refractivity contribution in [2.75, 3.05) is 26.2 Å². The molecule has 3 N–H and O–H groups in total. The summed E-state index contributed by atoms with van der Waals surface area (Å²) in [5.41, 5.74) is 1.48. The number of amides is 1. The first-order chi connectivity index (χ1) is 13.1. The van der Waals surface area contributed by atoms with Gasteiger partial charge in [0.1, 0.15) is 0 Å². The molecule has 1 heterocycles. The molecule has 0 bridgehead atoms. The van der Waals surface area contributed by atoms with Crippen LogP contribution in [0.1, 0.15) is 23.0 Å². The summed E-state index contributed by atoms with van der Waals surface area (Å²) in [7, 11) is 0. The van der Waals surface area contributed by atoms with Crippen molar-refractivity contribution in [2.24, 2.45) is 4.99 Å². The molecule has 0 unspecified atom stereocenters. The van der Waals surface area contributed by atoms with E-state index in [1.165, 1.54) is 0 Å². The maximum atomic E-state index is 12.1. The second-order valence-corrected chi connectivity index (χ2v) is 6.46. The fraction of sp³-hybridized carbons (Fsp3) is 0.316. The Kier molecular flexibility index (Phi) is 8.87. The van der Waals surface area contributed by atoms with Crippen molar-refractivity contribution >= 4 is 35.1 Å². The van der Waals surface area contributed by atoms with Crippen LogP contribution in [0.5, 0.6) is 0 Å². The molecule has 144 valence electrons. The second-order valence-electron chi connectivity index (χ2n) is 5.64. The number of carbonyl (C=O) groups is 1. The SMILES string of the molecule is CCNC(=NCCc1ccccn1)NCCNC(=O)c1ccc(Cl)c(Cl)c1. The van der Waals surface area contributed by atoms with Crippen molar-refractivity contribution in [3.63, 3.8) is 0 Å². The summed E-state index contributed by atoms with van der Waals surface area (Å²) in [6.07, 6.45) is 2.55. The van der Waals surface area contributed by atoms with Gasteiger partial charge in [0.15, 0.2) is 5.96 Å². The van der Waals surface area contributed by atoms with E-state index in [4.69, 9.17) is 23.2 Å². The summed E-state index contributed by atoms with van der Waals surface area (Å²) >= 11 is 11.8. The number of guanidine groups is 1. The van der Waals surface area contributed by atoms with Crippen molar-refractivity contribution in [3.05, 3.63) is 63.9 Å². The van der Waals surface area contributed by atoms with Crippen molar-refractivity contribution in [1.29, 1.82) is 0 Å². The van der Waals surface area contributed by atoms with E-state index in [1.807, 2.05) is 25.1 Å². The van der Waals surface area contributed by atoms with E-state index < -0.39 is 0 Å². The molecule has 8 heteroatoms. The van der Waals surface area contributed by atoms with Crippen LogP contribution in [0, 0.1) is 0 Å². The van der Waals surface area contributed by atoms with Gasteiger partial charge in [0, 0.05) is 50.1 Å². The molecule has 2 aromatic rings. The molecule has 27 heavy (non-hydrogen) atoms. The standard InChI is InChI=1S/C19H23Cl2N5O/c1-2-22-19(25-10-8-15-5-3-4-9-23-15)26-12-11-24-18(27)14-6-7-16(20)17(21)13-14/h3-7,9,13H,2,8,10-12H2,1H3,(H,24,27)(H2,22,25,26). The van der Waals surface area contributed by atoms with Gasteiger partial charge in [0.2, 0.25) is 0 Å². The average molecular weight is 408 g/mol. The largest absolute Gasteiger partial charge is 0.357 e. The van der Waals surface area contributed by atoms with Gasteiger partial charge in [-0.25, -0.2) is 0 Å². The third-order valence-electron chi connectivity index (χ3n) is 3.59. The second kappa shape index (κ2) is 11.4. The topological polar surface area (TPSA) is 78.4 Å². The smallest absolute Gasteiger partial charge is 0.251 e. The lowest BCUT2D eigenvalue weighted by Crippen LogP contribution is -2.41. The Morgan fingerprint density at radius 1 is 1.07 bits per heavy atom. The van der Waals surface area contributed by atoms with Gasteiger partial charge in [0.05, 0.1) is 10.0 Å². The molecule has 2 rings (SSSR count). The number of aliphatic imine (C=N–C) groups is 1. The molecule has 1 amide bonds. The Balaban J connectivity index is 1.75. The third-order valence-corrected chi connectivity index (χ3v) is 4.33. The van der Waals surface area contributed by atoms with Gasteiger partial charge in [-0.05, 0) is 37.3 Å². The van der Waals surface area contributed by atoms with Crippen molar-refractivity contribution in [3.8, 4) is 0 Å². The zero-order chi connectivity index (χ0) is 19.5. The zero-order valence-electron chi connectivity index (χ0n) is 15.1. The Bertz CT molecular complexity index is 768. The van der Waals surface area contributed by atoms with Crippen LogP contribution in [0.15, 0.2) is 47.6 Å². The van der Waals surface area contributed by atoms with Crippen LogP contribution in [0.2, 0.25) is 10.0 Å². The fourth-order valence-corrected chi connectivity index (χ4v) is 2.56. The number of benzene rings is 1. The maximum Gasteiger partial charge on any atom is 0.251 e. The molecule has 0 aliphatic rings. The van der Waals surface area contributed by atoms with Gasteiger partial charge >= 0.3 is 0 Å². The number of rotatable bonds is 8. The van der Waals surface area contributed by atoms with E-state index in [2.05, 4.69) is 25.9 Å². The normalized spacial score (nSPS) is 11.1. The fourth-order valence-electron chi connectivity index (χ4n) is 2.27. The molecule has 0 atom stereocenters. The summed E-state index contributed by atoms with van der Waals surface area (Å²) < 4.78 is 0. The minimum atomic E-state index is -0.201. The number of nitrogens with one attached hydrogen (secondary N) is 3. The monoisotopic (exact) mass is 407 g/mol. The molecule has 1 aromatic carbocycles. The Morgan fingerprint density at radius 2 is 1.89 bits per heavy atom. The van der Waals surface area contributed by atoms with E-state index >= 15 is 0 Å². The van der Waals surface area contributed by atoms with Crippen molar-refractivity contribution in [1.82, 2.24) is 20.9 Å². The van der Waals surface area contributed by atoms with Crippen LogP contribution in [0.4, 0.5) is 0 Å². The van der Waals surface area contributed by atoms with Crippen LogP contribution in [-0.2, 0) is 6.42 Å². The highest BCUT2D eigenvalue weighted by Gasteiger charge is 2.07. The lowest BCUT2D eigenvalue weighted by molar-refractivity contribution is 0.0954. The number of aromatic nitrogens is 1. The summed E-state index contributed by atoms with van der Waals surface area (Å²) in [6, 6.07) is 10.6. The number of carbonyl (C=O) groups excluding carboxylic acids is 1. The highest BCUT2D eigenvalue weighted by atomic mass is 35.5. The quantitative estimate of drug-likeness (QED) is 0.357. The highest BCUT2D eigenvalue weighted by molar-refractivity contribution is 6.42. The molecular formula is C19H23Cl2N5O. The van der Waals surface area contributed by atoms with Crippen LogP contribution < -0.4 is 16.0 Å².